The van der Waals surface area contributed by atoms with E-state index < -0.39 is 12.0 Å². The Morgan fingerprint density at radius 1 is 1.19 bits per heavy atom. The van der Waals surface area contributed by atoms with Gasteiger partial charge < -0.3 is 10.0 Å². The van der Waals surface area contributed by atoms with Crippen molar-refractivity contribution in [3.63, 3.8) is 0 Å². The number of aromatic nitrogens is 3. The molecule has 1 saturated heterocycles. The molecule has 0 spiro atoms. The molecule has 1 aromatic heterocycles. The molecule has 0 unspecified atom stereocenters. The van der Waals surface area contributed by atoms with Gasteiger partial charge >= 0.3 is 5.97 Å². The Hall–Kier alpha value is -1.92. The molecule has 21 heavy (non-hydrogen) atoms. The maximum atomic E-state index is 12.4. The summed E-state index contributed by atoms with van der Waals surface area (Å²) in [6.45, 7) is 0.624. The van der Waals surface area contributed by atoms with E-state index in [1.807, 2.05) is 0 Å². The number of aliphatic carboxylic acids is 1. The molecule has 1 atom stereocenters. The fraction of sp³-hybridized carbons (Fsp3) is 0.714. The van der Waals surface area contributed by atoms with Crippen molar-refractivity contribution in [2.75, 3.05) is 6.54 Å². The Kier molecular flexibility index (Phi) is 3.90. The zero-order valence-corrected chi connectivity index (χ0v) is 12.0. The first kappa shape index (κ1) is 14.0. The molecule has 2 heterocycles. The number of carboxylic acids is 1. The monoisotopic (exact) mass is 292 g/mol. The van der Waals surface area contributed by atoms with Gasteiger partial charge in [-0.3, -0.25) is 4.79 Å². The van der Waals surface area contributed by atoms with Crippen molar-refractivity contribution < 1.29 is 14.7 Å². The molecule has 0 saturated carbocycles. The van der Waals surface area contributed by atoms with Crippen LogP contribution in [0.25, 0.3) is 0 Å². The van der Waals surface area contributed by atoms with E-state index in [1.54, 1.807) is 4.68 Å². The second kappa shape index (κ2) is 5.83. The standard InChI is InChI=1S/C14H20N4O3/c19-13(17-8-4-3-7-12(17)14(20)21)9-18-11-6-2-1-5-10(11)15-16-18/h12H,1-9H2,(H,20,21)/t12-/m1/s1. The summed E-state index contributed by atoms with van der Waals surface area (Å²) in [6.07, 6.45) is 6.30. The summed E-state index contributed by atoms with van der Waals surface area (Å²) >= 11 is 0. The Labute approximate surface area is 122 Å². The van der Waals surface area contributed by atoms with E-state index >= 15 is 0 Å². The van der Waals surface area contributed by atoms with Gasteiger partial charge in [-0.15, -0.1) is 5.10 Å². The summed E-state index contributed by atoms with van der Waals surface area (Å²) in [4.78, 5) is 25.2. The van der Waals surface area contributed by atoms with E-state index in [4.69, 9.17) is 0 Å². The van der Waals surface area contributed by atoms with Crippen LogP contribution in [0.15, 0.2) is 0 Å². The minimum Gasteiger partial charge on any atom is -0.480 e. The van der Waals surface area contributed by atoms with Gasteiger partial charge in [0.05, 0.1) is 11.4 Å². The van der Waals surface area contributed by atoms with E-state index in [2.05, 4.69) is 10.3 Å². The number of amides is 1. The van der Waals surface area contributed by atoms with Crippen LogP contribution < -0.4 is 0 Å². The van der Waals surface area contributed by atoms with Crippen LogP contribution in [0.3, 0.4) is 0 Å². The third-order valence-corrected chi connectivity index (χ3v) is 4.39. The number of rotatable bonds is 3. The molecule has 7 nitrogen and oxygen atoms in total. The highest BCUT2D eigenvalue weighted by Crippen LogP contribution is 2.20. The van der Waals surface area contributed by atoms with Crippen molar-refractivity contribution in [1.29, 1.82) is 0 Å². The maximum absolute atomic E-state index is 12.4. The number of piperidine rings is 1. The predicted molar refractivity (Wildman–Crippen MR) is 73.7 cm³/mol. The summed E-state index contributed by atoms with van der Waals surface area (Å²) in [5.74, 6) is -1.08. The van der Waals surface area contributed by atoms with E-state index in [0.29, 0.717) is 13.0 Å². The number of carboxylic acid groups (broad SMARTS) is 1. The summed E-state index contributed by atoms with van der Waals surface area (Å²) in [6, 6.07) is -0.689. The number of carbonyl (C=O) groups is 2. The molecule has 1 amide bonds. The molecule has 1 N–H and O–H groups in total. The van der Waals surface area contributed by atoms with Gasteiger partial charge in [0, 0.05) is 6.54 Å². The van der Waals surface area contributed by atoms with E-state index in [-0.39, 0.29) is 12.5 Å². The van der Waals surface area contributed by atoms with Crippen molar-refractivity contribution >= 4 is 11.9 Å². The summed E-state index contributed by atoms with van der Waals surface area (Å²) in [5.41, 5.74) is 2.03. The highest BCUT2D eigenvalue weighted by Gasteiger charge is 2.32. The van der Waals surface area contributed by atoms with Crippen LogP contribution in [0.4, 0.5) is 0 Å². The van der Waals surface area contributed by atoms with Gasteiger partial charge in [0.25, 0.3) is 0 Å². The summed E-state index contributed by atoms with van der Waals surface area (Å²) in [7, 11) is 0. The molecule has 114 valence electrons. The highest BCUT2D eigenvalue weighted by molar-refractivity contribution is 5.83. The SMILES string of the molecule is O=C(O)[C@H]1CCCCN1C(=O)Cn1nnc2c1CCCC2. The third-order valence-electron chi connectivity index (χ3n) is 4.39. The Morgan fingerprint density at radius 3 is 2.81 bits per heavy atom. The fourth-order valence-corrected chi connectivity index (χ4v) is 3.25. The molecule has 0 radical (unpaired) electrons. The molecular weight excluding hydrogens is 272 g/mol. The van der Waals surface area contributed by atoms with Crippen LogP contribution in [0, 0.1) is 0 Å². The molecule has 1 aromatic rings. The van der Waals surface area contributed by atoms with Crippen LogP contribution in [0.1, 0.15) is 43.5 Å². The predicted octanol–water partition coefficient (Wildman–Crippen LogP) is 0.623. The zero-order valence-electron chi connectivity index (χ0n) is 12.0. The molecule has 1 aliphatic carbocycles. The first-order valence-electron chi connectivity index (χ1n) is 7.60. The van der Waals surface area contributed by atoms with Gasteiger partial charge in [0.1, 0.15) is 12.6 Å². The molecule has 1 fully saturated rings. The van der Waals surface area contributed by atoms with Gasteiger partial charge in [-0.25, -0.2) is 9.48 Å². The lowest BCUT2D eigenvalue weighted by atomic mass is 10.0. The number of carbonyl (C=O) groups excluding carboxylic acids is 1. The van der Waals surface area contributed by atoms with Crippen LogP contribution >= 0.6 is 0 Å². The quantitative estimate of drug-likeness (QED) is 0.882. The van der Waals surface area contributed by atoms with Crippen molar-refractivity contribution in [2.45, 2.75) is 57.5 Å². The van der Waals surface area contributed by atoms with Crippen LogP contribution in [-0.4, -0.2) is 49.5 Å². The molecule has 7 heteroatoms. The van der Waals surface area contributed by atoms with Crippen molar-refractivity contribution in [3.8, 4) is 0 Å². The zero-order chi connectivity index (χ0) is 14.8. The molecular formula is C14H20N4O3. The number of hydrogen-bond donors (Lipinski definition) is 1. The Bertz CT molecular complexity index is 554. The second-order valence-electron chi connectivity index (χ2n) is 5.78. The number of aryl methyl sites for hydroxylation is 1. The number of hydrogen-bond acceptors (Lipinski definition) is 4. The molecule has 2 aliphatic rings. The van der Waals surface area contributed by atoms with Crippen LogP contribution in [0.5, 0.6) is 0 Å². The van der Waals surface area contributed by atoms with E-state index in [9.17, 15) is 14.7 Å². The molecule has 3 rings (SSSR count). The second-order valence-corrected chi connectivity index (χ2v) is 5.78. The minimum atomic E-state index is -0.913. The fourth-order valence-electron chi connectivity index (χ4n) is 3.25. The lowest BCUT2D eigenvalue weighted by Gasteiger charge is -2.33. The van der Waals surface area contributed by atoms with Gasteiger partial charge in [-0.05, 0) is 44.9 Å². The maximum Gasteiger partial charge on any atom is 0.326 e. The number of fused-ring (bicyclic) bond motifs is 1. The van der Waals surface area contributed by atoms with Gasteiger partial charge in [-0.2, -0.15) is 0 Å². The first-order valence-corrected chi connectivity index (χ1v) is 7.60. The van der Waals surface area contributed by atoms with Crippen molar-refractivity contribution in [3.05, 3.63) is 11.4 Å². The van der Waals surface area contributed by atoms with Gasteiger partial charge in [0.2, 0.25) is 5.91 Å². The van der Waals surface area contributed by atoms with Crippen LogP contribution in [-0.2, 0) is 29.0 Å². The summed E-state index contributed by atoms with van der Waals surface area (Å²) in [5, 5.41) is 17.5. The van der Waals surface area contributed by atoms with E-state index in [0.717, 1.165) is 49.9 Å². The van der Waals surface area contributed by atoms with Crippen molar-refractivity contribution in [2.24, 2.45) is 0 Å². The molecule has 1 aliphatic heterocycles. The molecule has 0 aromatic carbocycles. The lowest BCUT2D eigenvalue weighted by molar-refractivity contribution is -0.152. The smallest absolute Gasteiger partial charge is 0.326 e. The average Bonchev–Trinajstić information content (AvgIpc) is 2.90. The average molecular weight is 292 g/mol. The third kappa shape index (κ3) is 2.77. The Balaban J connectivity index is 1.73. The van der Waals surface area contributed by atoms with Gasteiger partial charge in [-0.1, -0.05) is 5.21 Å². The highest BCUT2D eigenvalue weighted by atomic mass is 16.4. The van der Waals surface area contributed by atoms with Crippen molar-refractivity contribution in [1.82, 2.24) is 19.9 Å². The van der Waals surface area contributed by atoms with Crippen LogP contribution in [0.2, 0.25) is 0 Å². The van der Waals surface area contributed by atoms with E-state index in [1.165, 1.54) is 4.90 Å². The lowest BCUT2D eigenvalue weighted by Crippen LogP contribution is -2.49. The largest absolute Gasteiger partial charge is 0.480 e. The minimum absolute atomic E-state index is 0.103. The topological polar surface area (TPSA) is 88.3 Å². The summed E-state index contributed by atoms with van der Waals surface area (Å²) < 4.78 is 1.66. The molecule has 0 bridgehead atoms. The van der Waals surface area contributed by atoms with Gasteiger partial charge in [0.15, 0.2) is 0 Å². The number of nitrogens with zero attached hydrogens (tertiary/aromatic N) is 4. The Morgan fingerprint density at radius 2 is 2.00 bits per heavy atom. The normalized spacial score (nSPS) is 21.9. The first-order chi connectivity index (χ1) is 10.2. The number of likely N-dealkylation sites (tertiary alicyclic amines) is 1.